The van der Waals surface area contributed by atoms with Gasteiger partial charge in [-0.2, -0.15) is 0 Å². The minimum absolute atomic E-state index is 0.228. The van der Waals surface area contributed by atoms with Gasteiger partial charge < -0.3 is 9.32 Å². The number of fused-ring (bicyclic) bond motifs is 5. The van der Waals surface area contributed by atoms with Crippen LogP contribution in [0.3, 0.4) is 0 Å². The first-order chi connectivity index (χ1) is 28.0. The second-order valence-electron chi connectivity index (χ2n) is 15.7. The molecule has 270 valence electrons. The van der Waals surface area contributed by atoms with Crippen LogP contribution in [0.4, 0.5) is 17.1 Å². The third-order valence-corrected chi connectivity index (χ3v) is 12.1. The van der Waals surface area contributed by atoms with E-state index in [0.717, 1.165) is 50.1 Å². The number of para-hydroxylation sites is 2. The first kappa shape index (κ1) is 33.2. The molecule has 0 fully saturated rings. The van der Waals surface area contributed by atoms with E-state index in [-0.39, 0.29) is 5.41 Å². The summed E-state index contributed by atoms with van der Waals surface area (Å²) in [5.41, 5.74) is 17.3. The average Bonchev–Trinajstić information content (AvgIpc) is 3.66. The molecule has 57 heavy (non-hydrogen) atoms. The largest absolute Gasteiger partial charge is 0.455 e. The molecule has 0 saturated heterocycles. The lowest BCUT2D eigenvalue weighted by molar-refractivity contribution is 0.647. The summed E-state index contributed by atoms with van der Waals surface area (Å²) in [6, 6.07) is 72.6. The van der Waals surface area contributed by atoms with E-state index in [1.54, 1.807) is 0 Å². The number of furan rings is 1. The number of hydrogen-bond acceptors (Lipinski definition) is 2. The van der Waals surface area contributed by atoms with Gasteiger partial charge in [-0.05, 0) is 91.7 Å². The maximum absolute atomic E-state index is 6.47. The zero-order valence-corrected chi connectivity index (χ0v) is 31.9. The van der Waals surface area contributed by atoms with E-state index in [9.17, 15) is 0 Å². The van der Waals surface area contributed by atoms with Crippen LogP contribution in [0.5, 0.6) is 0 Å². The Bertz CT molecular complexity index is 3120. The molecule has 0 atom stereocenters. The van der Waals surface area contributed by atoms with Gasteiger partial charge in [0, 0.05) is 38.7 Å². The standard InChI is InChI=1S/C55H39NO/c1-55(2)48-24-11-18-40-30-35-49(52(51(40)48)47-23-12-20-43(53(47)55)38-16-7-4-8-17-38)56(41-31-26-37(27-32-41)36-14-5-3-6-15-36)42-33-28-39(29-34-42)44-21-13-22-46-45-19-9-10-25-50(45)57-54(44)46/h3-35H,1-2H3. The Labute approximate surface area is 332 Å². The number of benzene rings is 9. The van der Waals surface area contributed by atoms with E-state index in [4.69, 9.17) is 4.42 Å². The van der Waals surface area contributed by atoms with Crippen molar-refractivity contribution in [2.75, 3.05) is 4.90 Å². The molecule has 0 spiro atoms. The van der Waals surface area contributed by atoms with Crippen LogP contribution in [0.2, 0.25) is 0 Å². The molecule has 9 aromatic carbocycles. The average molecular weight is 730 g/mol. The monoisotopic (exact) mass is 729 g/mol. The Kier molecular flexibility index (Phi) is 7.55. The molecule has 2 heteroatoms. The molecule has 1 aliphatic rings. The van der Waals surface area contributed by atoms with Crippen molar-refractivity contribution in [3.8, 4) is 44.5 Å². The Morgan fingerprint density at radius 1 is 0.421 bits per heavy atom. The molecule has 0 radical (unpaired) electrons. The van der Waals surface area contributed by atoms with E-state index in [0.29, 0.717) is 0 Å². The van der Waals surface area contributed by atoms with Gasteiger partial charge in [-0.1, -0.05) is 178 Å². The van der Waals surface area contributed by atoms with Gasteiger partial charge >= 0.3 is 0 Å². The lowest BCUT2D eigenvalue weighted by atomic mass is 9.66. The SMILES string of the molecule is CC1(C)c2c(-c3ccccc3)cccc2-c2c(N(c3ccc(-c4ccccc4)cc3)c3ccc(-c4cccc5c4oc4ccccc45)cc3)ccc3cccc1c23. The van der Waals surface area contributed by atoms with Crippen LogP contribution in [0.15, 0.2) is 205 Å². The van der Waals surface area contributed by atoms with Crippen LogP contribution < -0.4 is 4.90 Å². The smallest absolute Gasteiger partial charge is 0.143 e. The van der Waals surface area contributed by atoms with Crippen molar-refractivity contribution in [1.29, 1.82) is 0 Å². The molecule has 10 aromatic rings. The van der Waals surface area contributed by atoms with E-state index in [1.807, 2.05) is 12.1 Å². The first-order valence-corrected chi connectivity index (χ1v) is 19.8. The number of anilines is 3. The van der Waals surface area contributed by atoms with Crippen LogP contribution in [0.25, 0.3) is 77.2 Å². The number of nitrogens with zero attached hydrogens (tertiary/aromatic N) is 1. The van der Waals surface area contributed by atoms with Gasteiger partial charge in [0.25, 0.3) is 0 Å². The number of rotatable bonds is 6. The zero-order valence-electron chi connectivity index (χ0n) is 31.9. The van der Waals surface area contributed by atoms with Gasteiger partial charge in [0.2, 0.25) is 0 Å². The quantitative estimate of drug-likeness (QED) is 0.169. The second-order valence-corrected chi connectivity index (χ2v) is 15.7. The molecule has 1 heterocycles. The van der Waals surface area contributed by atoms with Crippen molar-refractivity contribution in [1.82, 2.24) is 0 Å². The molecule has 0 N–H and O–H groups in total. The summed E-state index contributed by atoms with van der Waals surface area (Å²) in [7, 11) is 0. The number of hydrogen-bond donors (Lipinski definition) is 0. The fourth-order valence-corrected chi connectivity index (χ4v) is 9.40. The van der Waals surface area contributed by atoms with E-state index in [2.05, 4.69) is 207 Å². The summed E-state index contributed by atoms with van der Waals surface area (Å²) in [6.07, 6.45) is 0. The maximum atomic E-state index is 6.47. The highest BCUT2D eigenvalue weighted by Crippen LogP contribution is 2.56. The highest BCUT2D eigenvalue weighted by atomic mass is 16.3. The lowest BCUT2D eigenvalue weighted by Crippen LogP contribution is -2.25. The molecule has 1 aromatic heterocycles. The van der Waals surface area contributed by atoms with E-state index >= 15 is 0 Å². The van der Waals surface area contributed by atoms with Gasteiger partial charge in [-0.3, -0.25) is 0 Å². The van der Waals surface area contributed by atoms with Crippen molar-refractivity contribution < 1.29 is 4.42 Å². The Hall–Kier alpha value is -7.16. The molecular formula is C55H39NO. The molecule has 0 bridgehead atoms. The van der Waals surface area contributed by atoms with Crippen molar-refractivity contribution >= 4 is 49.8 Å². The van der Waals surface area contributed by atoms with E-state index in [1.165, 1.54) is 55.3 Å². The predicted octanol–water partition coefficient (Wildman–Crippen LogP) is 15.5. The first-order valence-electron chi connectivity index (χ1n) is 19.8. The van der Waals surface area contributed by atoms with Gasteiger partial charge in [0.05, 0.1) is 5.69 Å². The summed E-state index contributed by atoms with van der Waals surface area (Å²) in [5, 5.41) is 4.84. The normalized spacial score (nSPS) is 12.9. The molecule has 0 saturated carbocycles. The molecule has 2 nitrogen and oxygen atoms in total. The second kappa shape index (κ2) is 13.0. The zero-order chi connectivity index (χ0) is 38.1. The van der Waals surface area contributed by atoms with Crippen molar-refractivity contribution in [3.63, 3.8) is 0 Å². The molecule has 0 unspecified atom stereocenters. The Morgan fingerprint density at radius 2 is 0.982 bits per heavy atom. The highest BCUT2D eigenvalue weighted by Gasteiger charge is 2.37. The summed E-state index contributed by atoms with van der Waals surface area (Å²) in [6.45, 7) is 4.79. The van der Waals surface area contributed by atoms with Gasteiger partial charge in [0.15, 0.2) is 0 Å². The molecule has 0 aliphatic heterocycles. The molecule has 0 amide bonds. The fourth-order valence-electron chi connectivity index (χ4n) is 9.40. The van der Waals surface area contributed by atoms with Crippen LogP contribution >= 0.6 is 0 Å². The highest BCUT2D eigenvalue weighted by molar-refractivity contribution is 6.12. The summed E-state index contributed by atoms with van der Waals surface area (Å²) >= 11 is 0. The fraction of sp³-hybridized carbons (Fsp3) is 0.0545. The van der Waals surface area contributed by atoms with Gasteiger partial charge in [-0.25, -0.2) is 0 Å². The molecular weight excluding hydrogens is 691 g/mol. The summed E-state index contributed by atoms with van der Waals surface area (Å²) in [5.74, 6) is 0. The molecule has 1 aliphatic carbocycles. The minimum atomic E-state index is -0.228. The van der Waals surface area contributed by atoms with Crippen LogP contribution in [0.1, 0.15) is 25.0 Å². The van der Waals surface area contributed by atoms with Gasteiger partial charge in [-0.15, -0.1) is 0 Å². The van der Waals surface area contributed by atoms with Crippen LogP contribution in [-0.4, -0.2) is 0 Å². The topological polar surface area (TPSA) is 16.4 Å². The van der Waals surface area contributed by atoms with Crippen molar-refractivity contribution in [2.45, 2.75) is 19.3 Å². The van der Waals surface area contributed by atoms with Gasteiger partial charge in [0.1, 0.15) is 11.2 Å². The van der Waals surface area contributed by atoms with Crippen molar-refractivity contribution in [3.05, 3.63) is 211 Å². The third-order valence-electron chi connectivity index (χ3n) is 12.1. The lowest BCUT2D eigenvalue weighted by Gasteiger charge is -2.39. The Morgan fingerprint density at radius 3 is 1.74 bits per heavy atom. The van der Waals surface area contributed by atoms with Crippen LogP contribution in [-0.2, 0) is 5.41 Å². The van der Waals surface area contributed by atoms with Crippen molar-refractivity contribution in [2.24, 2.45) is 0 Å². The summed E-state index contributed by atoms with van der Waals surface area (Å²) < 4.78 is 6.47. The van der Waals surface area contributed by atoms with E-state index < -0.39 is 0 Å². The predicted molar refractivity (Wildman–Crippen MR) is 240 cm³/mol. The van der Waals surface area contributed by atoms with Crippen LogP contribution in [0, 0.1) is 0 Å². The molecule has 11 rings (SSSR count). The summed E-state index contributed by atoms with van der Waals surface area (Å²) in [4.78, 5) is 2.45. The maximum Gasteiger partial charge on any atom is 0.143 e. The Balaban J connectivity index is 1.14. The third kappa shape index (κ3) is 5.25. The minimum Gasteiger partial charge on any atom is -0.455 e.